The monoisotopic (exact) mass is 334 g/mol. The SMILES string of the molecule is C[C@H](OC(=O)c1cccc(Cl)c1)c1nnc(-c2cccs2)o1. The molecule has 3 rings (SSSR count). The molecule has 0 aliphatic carbocycles. The number of hydrogen-bond donors (Lipinski definition) is 0. The van der Waals surface area contributed by atoms with Gasteiger partial charge in [-0.3, -0.25) is 0 Å². The van der Waals surface area contributed by atoms with Gasteiger partial charge in [-0.25, -0.2) is 4.79 Å². The second-order valence-corrected chi connectivity index (χ2v) is 5.86. The predicted octanol–water partition coefficient (Wildman–Crippen LogP) is 4.37. The first-order valence-electron chi connectivity index (χ1n) is 6.47. The van der Waals surface area contributed by atoms with Gasteiger partial charge in [-0.05, 0) is 36.6 Å². The molecule has 0 bridgehead atoms. The minimum Gasteiger partial charge on any atom is -0.449 e. The van der Waals surface area contributed by atoms with Crippen molar-refractivity contribution < 1.29 is 13.9 Å². The second kappa shape index (κ2) is 6.29. The van der Waals surface area contributed by atoms with Crippen molar-refractivity contribution in [1.29, 1.82) is 0 Å². The van der Waals surface area contributed by atoms with E-state index in [9.17, 15) is 4.79 Å². The van der Waals surface area contributed by atoms with Gasteiger partial charge >= 0.3 is 5.97 Å². The standard InChI is InChI=1S/C15H11ClN2O3S/c1-9(20-15(19)10-4-2-5-11(16)8-10)13-17-18-14(21-13)12-6-3-7-22-12/h2-9H,1H3/t9-/m0/s1. The van der Waals surface area contributed by atoms with Crippen LogP contribution in [0.15, 0.2) is 46.2 Å². The Morgan fingerprint density at radius 2 is 2.18 bits per heavy atom. The van der Waals surface area contributed by atoms with Crippen LogP contribution in [0.1, 0.15) is 29.3 Å². The lowest BCUT2D eigenvalue weighted by molar-refractivity contribution is 0.0280. The van der Waals surface area contributed by atoms with Gasteiger partial charge in [0.2, 0.25) is 0 Å². The summed E-state index contributed by atoms with van der Waals surface area (Å²) < 4.78 is 10.9. The lowest BCUT2D eigenvalue weighted by Gasteiger charge is -2.09. The lowest BCUT2D eigenvalue weighted by Crippen LogP contribution is -2.09. The van der Waals surface area contributed by atoms with E-state index in [2.05, 4.69) is 10.2 Å². The van der Waals surface area contributed by atoms with Crippen molar-refractivity contribution in [2.75, 3.05) is 0 Å². The number of ether oxygens (including phenoxy) is 1. The van der Waals surface area contributed by atoms with Gasteiger partial charge in [-0.2, -0.15) is 0 Å². The van der Waals surface area contributed by atoms with Gasteiger partial charge in [0, 0.05) is 5.02 Å². The summed E-state index contributed by atoms with van der Waals surface area (Å²) in [6, 6.07) is 10.3. The van der Waals surface area contributed by atoms with Crippen molar-refractivity contribution in [3.8, 4) is 10.8 Å². The Bertz CT molecular complexity index is 786. The molecule has 0 N–H and O–H groups in total. The first-order valence-corrected chi connectivity index (χ1v) is 7.73. The molecular weight excluding hydrogens is 324 g/mol. The van der Waals surface area contributed by atoms with Crippen LogP contribution < -0.4 is 0 Å². The lowest BCUT2D eigenvalue weighted by atomic mass is 10.2. The summed E-state index contributed by atoms with van der Waals surface area (Å²) in [5, 5.41) is 10.3. The number of carbonyl (C=O) groups is 1. The maximum absolute atomic E-state index is 12.0. The van der Waals surface area contributed by atoms with Crippen molar-refractivity contribution in [2.24, 2.45) is 0 Å². The summed E-state index contributed by atoms with van der Waals surface area (Å²) in [5.41, 5.74) is 0.373. The zero-order valence-corrected chi connectivity index (χ0v) is 13.1. The predicted molar refractivity (Wildman–Crippen MR) is 82.9 cm³/mol. The molecule has 0 spiro atoms. The average molecular weight is 335 g/mol. The maximum Gasteiger partial charge on any atom is 0.338 e. The number of rotatable bonds is 4. The van der Waals surface area contributed by atoms with Crippen LogP contribution in [-0.2, 0) is 4.74 Å². The Balaban J connectivity index is 1.72. The summed E-state index contributed by atoms with van der Waals surface area (Å²) in [6.45, 7) is 1.67. The molecule has 112 valence electrons. The van der Waals surface area contributed by atoms with Crippen LogP contribution in [-0.4, -0.2) is 16.2 Å². The number of hydrogen-bond acceptors (Lipinski definition) is 6. The topological polar surface area (TPSA) is 65.2 Å². The van der Waals surface area contributed by atoms with E-state index < -0.39 is 12.1 Å². The number of esters is 1. The highest BCUT2D eigenvalue weighted by molar-refractivity contribution is 7.13. The van der Waals surface area contributed by atoms with Crippen LogP contribution in [0.5, 0.6) is 0 Å². The van der Waals surface area contributed by atoms with Crippen molar-refractivity contribution in [1.82, 2.24) is 10.2 Å². The minimum absolute atomic E-state index is 0.249. The molecule has 7 heteroatoms. The van der Waals surface area contributed by atoms with Crippen LogP contribution in [0, 0.1) is 0 Å². The van der Waals surface area contributed by atoms with Crippen molar-refractivity contribution in [2.45, 2.75) is 13.0 Å². The molecule has 2 aromatic heterocycles. The van der Waals surface area contributed by atoms with Gasteiger partial charge in [0.25, 0.3) is 11.8 Å². The van der Waals surface area contributed by atoms with Crippen LogP contribution in [0.2, 0.25) is 5.02 Å². The molecule has 0 unspecified atom stereocenters. The Kier molecular flexibility index (Phi) is 4.22. The molecule has 3 aromatic rings. The molecule has 5 nitrogen and oxygen atoms in total. The van der Waals surface area contributed by atoms with Gasteiger partial charge in [0.15, 0.2) is 6.10 Å². The molecule has 0 fully saturated rings. The summed E-state index contributed by atoms with van der Waals surface area (Å²) >= 11 is 7.35. The number of carbonyl (C=O) groups excluding carboxylic acids is 1. The molecule has 0 saturated carbocycles. The number of halogens is 1. The number of benzene rings is 1. The zero-order chi connectivity index (χ0) is 15.5. The molecule has 0 saturated heterocycles. The number of aromatic nitrogens is 2. The normalized spacial score (nSPS) is 12.1. The largest absolute Gasteiger partial charge is 0.449 e. The smallest absolute Gasteiger partial charge is 0.338 e. The summed E-state index contributed by atoms with van der Waals surface area (Å²) in [7, 11) is 0. The molecule has 1 atom stereocenters. The fourth-order valence-electron chi connectivity index (χ4n) is 1.79. The molecule has 0 aliphatic heterocycles. The van der Waals surface area contributed by atoms with Crippen LogP contribution >= 0.6 is 22.9 Å². The van der Waals surface area contributed by atoms with Crippen LogP contribution in [0.25, 0.3) is 10.8 Å². The fourth-order valence-corrected chi connectivity index (χ4v) is 2.63. The van der Waals surface area contributed by atoms with E-state index in [1.165, 1.54) is 11.3 Å². The molecule has 1 aromatic carbocycles. The molecule has 22 heavy (non-hydrogen) atoms. The quantitative estimate of drug-likeness (QED) is 0.663. The zero-order valence-electron chi connectivity index (χ0n) is 11.5. The van der Waals surface area contributed by atoms with Gasteiger partial charge in [0.1, 0.15) is 0 Å². The molecule has 2 heterocycles. The Hall–Kier alpha value is -2.18. The summed E-state index contributed by atoms with van der Waals surface area (Å²) in [4.78, 5) is 12.9. The van der Waals surface area contributed by atoms with Crippen molar-refractivity contribution >= 4 is 28.9 Å². The minimum atomic E-state index is -0.646. The van der Waals surface area contributed by atoms with E-state index in [4.69, 9.17) is 20.8 Å². The van der Waals surface area contributed by atoms with Crippen molar-refractivity contribution in [3.05, 3.63) is 58.3 Å². The second-order valence-electron chi connectivity index (χ2n) is 4.48. The molecule has 0 radical (unpaired) electrons. The van der Waals surface area contributed by atoms with E-state index in [-0.39, 0.29) is 5.89 Å². The molecular formula is C15H11ClN2O3S. The van der Waals surface area contributed by atoms with Crippen molar-refractivity contribution in [3.63, 3.8) is 0 Å². The highest BCUT2D eigenvalue weighted by atomic mass is 35.5. The van der Waals surface area contributed by atoms with E-state index in [1.54, 1.807) is 31.2 Å². The number of thiophene rings is 1. The first-order chi connectivity index (χ1) is 10.6. The van der Waals surface area contributed by atoms with Gasteiger partial charge < -0.3 is 9.15 Å². The average Bonchev–Trinajstić information content (AvgIpc) is 3.18. The number of nitrogens with zero attached hydrogens (tertiary/aromatic N) is 2. The highest BCUT2D eigenvalue weighted by Gasteiger charge is 2.20. The highest BCUT2D eigenvalue weighted by Crippen LogP contribution is 2.26. The Labute approximate surface area is 135 Å². The van der Waals surface area contributed by atoms with Gasteiger partial charge in [0.05, 0.1) is 10.4 Å². The van der Waals surface area contributed by atoms with E-state index >= 15 is 0 Å². The molecule has 0 amide bonds. The Morgan fingerprint density at radius 3 is 2.91 bits per heavy atom. The third-order valence-electron chi connectivity index (χ3n) is 2.86. The fraction of sp³-hybridized carbons (Fsp3) is 0.133. The third kappa shape index (κ3) is 3.18. The van der Waals surface area contributed by atoms with Gasteiger partial charge in [-0.1, -0.05) is 23.7 Å². The van der Waals surface area contributed by atoms with E-state index in [0.717, 1.165) is 4.88 Å². The van der Waals surface area contributed by atoms with Crippen LogP contribution in [0.3, 0.4) is 0 Å². The summed E-state index contributed by atoms with van der Waals surface area (Å²) in [5.74, 6) is 0.167. The molecule has 0 aliphatic rings. The van der Waals surface area contributed by atoms with E-state index in [1.807, 2.05) is 17.5 Å². The summed E-state index contributed by atoms with van der Waals surface area (Å²) in [6.07, 6.45) is -0.646. The third-order valence-corrected chi connectivity index (χ3v) is 3.96. The van der Waals surface area contributed by atoms with E-state index in [0.29, 0.717) is 16.5 Å². The first kappa shape index (κ1) is 14.7. The van der Waals surface area contributed by atoms with Crippen LogP contribution in [0.4, 0.5) is 0 Å². The maximum atomic E-state index is 12.0. The van der Waals surface area contributed by atoms with Gasteiger partial charge in [-0.15, -0.1) is 21.5 Å². The Morgan fingerprint density at radius 1 is 1.32 bits per heavy atom.